The van der Waals surface area contributed by atoms with Crippen LogP contribution >= 0.6 is 11.8 Å². The number of carbonyl (C=O) groups excluding carboxylic acids is 3. The van der Waals surface area contributed by atoms with Gasteiger partial charge < -0.3 is 24.6 Å². The topological polar surface area (TPSA) is 120 Å². The predicted octanol–water partition coefficient (Wildman–Crippen LogP) is 0.240. The first-order valence-corrected chi connectivity index (χ1v) is 8.53. The zero-order valence-electron chi connectivity index (χ0n) is 13.9. The Kier molecular flexibility index (Phi) is 7.31. The monoisotopic (exact) mass is 369 g/mol. The summed E-state index contributed by atoms with van der Waals surface area (Å²) in [6, 6.07) is 0. The third-order valence-electron chi connectivity index (χ3n) is 3.22. The summed E-state index contributed by atoms with van der Waals surface area (Å²) in [7, 11) is 3.00. The highest BCUT2D eigenvalue weighted by Crippen LogP contribution is 2.30. The van der Waals surface area contributed by atoms with Crippen molar-refractivity contribution in [1.29, 1.82) is 0 Å². The van der Waals surface area contributed by atoms with Crippen molar-refractivity contribution in [2.45, 2.75) is 0 Å². The van der Waals surface area contributed by atoms with Crippen LogP contribution in [0.5, 0.6) is 0 Å². The molecule has 0 unspecified atom stereocenters. The lowest BCUT2D eigenvalue weighted by atomic mass is 10.00. The highest BCUT2D eigenvalue weighted by atomic mass is 32.2. The van der Waals surface area contributed by atoms with E-state index in [9.17, 15) is 14.4 Å². The van der Waals surface area contributed by atoms with Crippen LogP contribution in [0, 0.1) is 0 Å². The van der Waals surface area contributed by atoms with Crippen LogP contribution in [0.2, 0.25) is 0 Å². The van der Waals surface area contributed by atoms with E-state index in [2.05, 4.69) is 20.5 Å². The summed E-state index contributed by atoms with van der Waals surface area (Å²) < 4.78 is 14.8. The SMILES string of the molecule is CNCNCCOCCSC1=CC(=O)c2onc(C(=O)OC)c2C1=O. The van der Waals surface area contributed by atoms with Gasteiger partial charge in [0.1, 0.15) is 5.56 Å². The minimum atomic E-state index is -0.824. The normalized spacial score (nSPS) is 13.6. The molecule has 2 rings (SSSR count). The number of esters is 1. The van der Waals surface area contributed by atoms with Gasteiger partial charge in [0.25, 0.3) is 0 Å². The molecule has 25 heavy (non-hydrogen) atoms. The fraction of sp³-hybridized carbons (Fsp3) is 0.467. The Morgan fingerprint density at radius 1 is 1.36 bits per heavy atom. The Hall–Kier alpha value is -2.01. The van der Waals surface area contributed by atoms with Crippen molar-refractivity contribution in [2.75, 3.05) is 46.3 Å². The Balaban J connectivity index is 1.89. The van der Waals surface area contributed by atoms with E-state index in [0.717, 1.165) is 7.11 Å². The lowest BCUT2D eigenvalue weighted by Gasteiger charge is -2.11. The maximum Gasteiger partial charge on any atom is 0.361 e. The maximum absolute atomic E-state index is 12.5. The summed E-state index contributed by atoms with van der Waals surface area (Å²) in [6.45, 7) is 2.37. The first-order valence-electron chi connectivity index (χ1n) is 7.54. The number of fused-ring (bicyclic) bond motifs is 1. The van der Waals surface area contributed by atoms with Crippen LogP contribution < -0.4 is 10.6 Å². The number of nitrogens with one attached hydrogen (secondary N) is 2. The largest absolute Gasteiger partial charge is 0.464 e. The minimum absolute atomic E-state index is 0.140. The molecule has 9 nitrogen and oxygen atoms in total. The molecule has 1 heterocycles. The van der Waals surface area contributed by atoms with Gasteiger partial charge in [-0.05, 0) is 7.05 Å². The van der Waals surface area contributed by atoms with E-state index in [4.69, 9.17) is 9.26 Å². The van der Waals surface area contributed by atoms with Gasteiger partial charge >= 0.3 is 5.97 Å². The molecule has 1 aromatic heterocycles. The number of thioether (sulfide) groups is 1. The molecule has 0 bridgehead atoms. The van der Waals surface area contributed by atoms with Gasteiger partial charge in [0.2, 0.25) is 23.0 Å². The second-order valence-electron chi connectivity index (χ2n) is 4.92. The summed E-state index contributed by atoms with van der Waals surface area (Å²) in [6.07, 6.45) is 1.19. The lowest BCUT2D eigenvalue weighted by molar-refractivity contribution is 0.0586. The molecule has 0 saturated carbocycles. The molecule has 0 spiro atoms. The third-order valence-corrected chi connectivity index (χ3v) is 4.20. The van der Waals surface area contributed by atoms with Gasteiger partial charge in [0.15, 0.2) is 0 Å². The molecule has 0 aliphatic heterocycles. The number of nitrogens with zero attached hydrogens (tertiary/aromatic N) is 1. The van der Waals surface area contributed by atoms with Crippen molar-refractivity contribution in [1.82, 2.24) is 15.8 Å². The number of methoxy groups -OCH3 is 1. The molecule has 0 fully saturated rings. The molecule has 1 aliphatic carbocycles. The summed E-state index contributed by atoms with van der Waals surface area (Å²) in [5.41, 5.74) is -0.423. The molecular weight excluding hydrogens is 350 g/mol. The van der Waals surface area contributed by atoms with E-state index >= 15 is 0 Å². The summed E-state index contributed by atoms with van der Waals surface area (Å²) in [5.74, 6) is -1.55. The number of allylic oxidation sites excluding steroid dienone is 2. The molecule has 0 saturated heterocycles. The number of ketones is 2. The van der Waals surface area contributed by atoms with Crippen LogP contribution in [0.3, 0.4) is 0 Å². The Morgan fingerprint density at radius 3 is 2.88 bits per heavy atom. The maximum atomic E-state index is 12.5. The Bertz CT molecular complexity index is 685. The quantitative estimate of drug-likeness (QED) is 0.337. The van der Waals surface area contributed by atoms with E-state index in [0.29, 0.717) is 32.2 Å². The average Bonchev–Trinajstić information content (AvgIpc) is 3.06. The van der Waals surface area contributed by atoms with Gasteiger partial charge in [0.05, 0.1) is 25.2 Å². The molecule has 0 radical (unpaired) electrons. The van der Waals surface area contributed by atoms with Crippen molar-refractivity contribution in [3.05, 3.63) is 28.0 Å². The average molecular weight is 369 g/mol. The first kappa shape index (κ1) is 19.3. The number of ether oxygens (including phenoxy) is 2. The molecular formula is C15H19N3O6S. The van der Waals surface area contributed by atoms with Crippen molar-refractivity contribution in [3.8, 4) is 0 Å². The van der Waals surface area contributed by atoms with Crippen LogP contribution in [0.1, 0.15) is 31.4 Å². The Labute approximate surface area is 148 Å². The van der Waals surface area contributed by atoms with Gasteiger partial charge in [-0.3, -0.25) is 9.59 Å². The Morgan fingerprint density at radius 2 is 2.16 bits per heavy atom. The summed E-state index contributed by atoms with van der Waals surface area (Å²) in [4.78, 5) is 36.4. The van der Waals surface area contributed by atoms with E-state index < -0.39 is 17.5 Å². The van der Waals surface area contributed by atoms with Crippen LogP contribution in [0.4, 0.5) is 0 Å². The minimum Gasteiger partial charge on any atom is -0.464 e. The van der Waals surface area contributed by atoms with Gasteiger partial charge in [-0.15, -0.1) is 11.8 Å². The highest BCUT2D eigenvalue weighted by molar-refractivity contribution is 8.04. The molecule has 2 N–H and O–H groups in total. The summed E-state index contributed by atoms with van der Waals surface area (Å²) in [5, 5.41) is 9.53. The van der Waals surface area contributed by atoms with Crippen molar-refractivity contribution in [2.24, 2.45) is 0 Å². The van der Waals surface area contributed by atoms with Crippen molar-refractivity contribution < 1.29 is 28.4 Å². The molecule has 0 atom stereocenters. The first-order chi connectivity index (χ1) is 12.1. The second-order valence-corrected chi connectivity index (χ2v) is 6.06. The van der Waals surface area contributed by atoms with E-state index in [1.807, 2.05) is 7.05 Å². The fourth-order valence-corrected chi connectivity index (χ4v) is 2.90. The van der Waals surface area contributed by atoms with Gasteiger partial charge in [-0.1, -0.05) is 5.16 Å². The number of carbonyl (C=O) groups is 3. The van der Waals surface area contributed by atoms with Crippen LogP contribution in [-0.2, 0) is 9.47 Å². The summed E-state index contributed by atoms with van der Waals surface area (Å²) >= 11 is 1.18. The van der Waals surface area contributed by atoms with Gasteiger partial charge in [-0.25, -0.2) is 4.79 Å². The van der Waals surface area contributed by atoms with Crippen LogP contribution in [-0.4, -0.2) is 69.0 Å². The highest BCUT2D eigenvalue weighted by Gasteiger charge is 2.36. The number of aromatic nitrogens is 1. The van der Waals surface area contributed by atoms with E-state index in [-0.39, 0.29) is 21.9 Å². The predicted molar refractivity (Wildman–Crippen MR) is 89.8 cm³/mol. The standard InChI is InChI=1S/C15H19N3O6S/c1-16-8-17-3-4-23-5-6-25-10-7-9(19)14-11(13(10)20)12(18-24-14)15(21)22-2/h7,16-17H,3-6,8H2,1-2H3. The molecule has 1 aromatic rings. The smallest absolute Gasteiger partial charge is 0.361 e. The van der Waals surface area contributed by atoms with Gasteiger partial charge in [-0.2, -0.15) is 0 Å². The molecule has 10 heteroatoms. The zero-order valence-corrected chi connectivity index (χ0v) is 14.7. The molecule has 1 aliphatic rings. The number of Topliss-reactive ketones (excluding diaryl/α,β-unsaturated/α-hetero) is 1. The lowest BCUT2D eigenvalue weighted by Crippen LogP contribution is -2.29. The zero-order chi connectivity index (χ0) is 18.2. The number of hydrogen-bond acceptors (Lipinski definition) is 10. The molecule has 0 amide bonds. The van der Waals surface area contributed by atoms with E-state index in [1.54, 1.807) is 0 Å². The number of rotatable bonds is 10. The van der Waals surface area contributed by atoms with Gasteiger partial charge in [0, 0.05) is 25.0 Å². The molecule has 0 aromatic carbocycles. The van der Waals surface area contributed by atoms with Crippen molar-refractivity contribution in [3.63, 3.8) is 0 Å². The van der Waals surface area contributed by atoms with Crippen molar-refractivity contribution >= 4 is 29.3 Å². The van der Waals surface area contributed by atoms with Crippen LogP contribution in [0.25, 0.3) is 0 Å². The second kappa shape index (κ2) is 9.47. The number of hydrogen-bond donors (Lipinski definition) is 2. The van der Waals surface area contributed by atoms with E-state index in [1.165, 1.54) is 17.8 Å². The fourth-order valence-electron chi connectivity index (χ4n) is 2.06. The van der Waals surface area contributed by atoms with Crippen LogP contribution in [0.15, 0.2) is 15.5 Å². The third kappa shape index (κ3) is 4.75. The molecule has 136 valence electrons.